The molecule has 1 unspecified atom stereocenters. The summed E-state index contributed by atoms with van der Waals surface area (Å²) in [5.41, 5.74) is 0. The first-order valence-corrected chi connectivity index (χ1v) is 32.8. The summed E-state index contributed by atoms with van der Waals surface area (Å²) in [6.45, 7) is 6.36. The maximum atomic E-state index is 12.9. The molecule has 0 fully saturated rings. The summed E-state index contributed by atoms with van der Waals surface area (Å²) in [5, 5.41) is 0. The number of ether oxygens (including phenoxy) is 3. The molecule has 0 spiro atoms. The molecule has 0 aromatic rings. The van der Waals surface area contributed by atoms with Crippen LogP contribution in [0.15, 0.2) is 146 Å². The van der Waals surface area contributed by atoms with E-state index in [9.17, 15) is 14.4 Å². The molecule has 0 aliphatic carbocycles. The Balaban J connectivity index is 4.32. The lowest BCUT2D eigenvalue weighted by Crippen LogP contribution is -2.30. The average molecular weight is 1110 g/mol. The van der Waals surface area contributed by atoms with Crippen LogP contribution in [0.3, 0.4) is 0 Å². The number of hydrogen-bond donors (Lipinski definition) is 0. The lowest BCUT2D eigenvalue weighted by Gasteiger charge is -2.18. The Morgan fingerprint density at radius 1 is 0.263 bits per heavy atom. The molecule has 0 amide bonds. The van der Waals surface area contributed by atoms with E-state index in [2.05, 4.69) is 167 Å². The summed E-state index contributed by atoms with van der Waals surface area (Å²) in [7, 11) is 0. The van der Waals surface area contributed by atoms with Gasteiger partial charge >= 0.3 is 17.9 Å². The van der Waals surface area contributed by atoms with Crippen LogP contribution in [0, 0.1) is 0 Å². The number of esters is 3. The number of allylic oxidation sites excluding steroid dienone is 24. The van der Waals surface area contributed by atoms with E-state index in [-0.39, 0.29) is 37.5 Å². The van der Waals surface area contributed by atoms with Crippen LogP contribution in [0.1, 0.15) is 284 Å². The molecule has 0 radical (unpaired) electrons. The zero-order valence-electron chi connectivity index (χ0n) is 51.8. The van der Waals surface area contributed by atoms with Crippen molar-refractivity contribution >= 4 is 17.9 Å². The lowest BCUT2D eigenvalue weighted by atomic mass is 10.0. The van der Waals surface area contributed by atoms with Crippen LogP contribution in [0.25, 0.3) is 0 Å². The minimum absolute atomic E-state index is 0.103. The number of rotatable bonds is 58. The molecule has 0 saturated heterocycles. The minimum atomic E-state index is -0.813. The zero-order valence-corrected chi connectivity index (χ0v) is 51.8. The Bertz CT molecular complexity index is 1750. The van der Waals surface area contributed by atoms with E-state index in [0.717, 1.165) is 122 Å². The third kappa shape index (κ3) is 64.1. The molecule has 0 N–H and O–H groups in total. The number of carbonyl (C=O) groups excluding carboxylic acids is 3. The third-order valence-electron chi connectivity index (χ3n) is 13.6. The van der Waals surface area contributed by atoms with Gasteiger partial charge in [-0.05, 0) is 116 Å². The maximum absolute atomic E-state index is 12.9. The average Bonchev–Trinajstić information content (AvgIpc) is 3.46. The summed E-state index contributed by atoms with van der Waals surface area (Å²) in [5.74, 6) is -0.965. The van der Waals surface area contributed by atoms with Gasteiger partial charge in [-0.25, -0.2) is 0 Å². The van der Waals surface area contributed by atoms with Gasteiger partial charge in [0, 0.05) is 19.3 Å². The Morgan fingerprint density at radius 2 is 0.500 bits per heavy atom. The van der Waals surface area contributed by atoms with Gasteiger partial charge in [0.25, 0.3) is 0 Å². The second kappa shape index (κ2) is 66.8. The van der Waals surface area contributed by atoms with Gasteiger partial charge in [-0.3, -0.25) is 14.4 Å². The summed E-state index contributed by atoms with van der Waals surface area (Å²) in [6.07, 6.45) is 95.9. The molecule has 6 heteroatoms. The van der Waals surface area contributed by atoms with Crippen molar-refractivity contribution in [3.8, 4) is 0 Å². The molecule has 0 bridgehead atoms. The van der Waals surface area contributed by atoms with Gasteiger partial charge in [-0.15, -0.1) is 0 Å². The Labute approximate surface area is 493 Å². The molecule has 0 heterocycles. The van der Waals surface area contributed by atoms with Gasteiger partial charge in [0.15, 0.2) is 6.10 Å². The lowest BCUT2D eigenvalue weighted by molar-refractivity contribution is -0.167. The Hall–Kier alpha value is -4.71. The topological polar surface area (TPSA) is 78.9 Å². The smallest absolute Gasteiger partial charge is 0.306 e. The summed E-state index contributed by atoms with van der Waals surface area (Å²) in [6, 6.07) is 0. The molecular formula is C74H120O6. The largest absolute Gasteiger partial charge is 0.462 e. The fraction of sp³-hybridized carbons (Fsp3) is 0.635. The summed E-state index contributed by atoms with van der Waals surface area (Å²) in [4.78, 5) is 38.2. The van der Waals surface area contributed by atoms with Crippen molar-refractivity contribution in [2.75, 3.05) is 13.2 Å². The van der Waals surface area contributed by atoms with Gasteiger partial charge in [0.1, 0.15) is 13.2 Å². The van der Waals surface area contributed by atoms with Crippen LogP contribution in [-0.2, 0) is 28.6 Å². The molecule has 80 heavy (non-hydrogen) atoms. The summed E-state index contributed by atoms with van der Waals surface area (Å²) < 4.78 is 16.8. The zero-order chi connectivity index (χ0) is 57.8. The van der Waals surface area contributed by atoms with Crippen LogP contribution in [0.5, 0.6) is 0 Å². The van der Waals surface area contributed by atoms with E-state index in [1.54, 1.807) is 0 Å². The molecule has 0 aromatic carbocycles. The third-order valence-corrected chi connectivity index (χ3v) is 13.6. The maximum Gasteiger partial charge on any atom is 0.306 e. The van der Waals surface area contributed by atoms with E-state index in [1.807, 2.05) is 0 Å². The SMILES string of the molecule is CC/C=C\C/C=C\C/C=C\C/C=C\C/C=C\C/C=C\C/C=C\CCCC(=O)OC(COC(=O)CCCCCCCCCCCC)COC(=O)CCCCCCCCCCCCCCC/C=C\C/C=C\C/C=C\C/C=C\C/C=C\CC. The minimum Gasteiger partial charge on any atom is -0.462 e. The second-order valence-electron chi connectivity index (χ2n) is 21.3. The van der Waals surface area contributed by atoms with Gasteiger partial charge in [0.2, 0.25) is 0 Å². The predicted octanol–water partition coefficient (Wildman–Crippen LogP) is 22.7. The van der Waals surface area contributed by atoms with Crippen LogP contribution >= 0.6 is 0 Å². The highest BCUT2D eigenvalue weighted by molar-refractivity contribution is 5.71. The number of hydrogen-bond acceptors (Lipinski definition) is 6. The van der Waals surface area contributed by atoms with E-state index >= 15 is 0 Å². The summed E-state index contributed by atoms with van der Waals surface area (Å²) >= 11 is 0. The standard InChI is InChI=1S/C74H120O6/c1-4-7-10-13-16-19-22-24-26-28-30-32-34-35-36-37-38-39-41-42-44-46-48-50-52-55-58-61-64-67-73(76)79-70-71(69-78-72(75)66-63-60-57-54-21-18-15-12-9-6-3)80-74(77)68-65-62-59-56-53-51-49-47-45-43-40-33-31-29-27-25-23-20-17-14-11-8-5-2/h7-8,10-11,16-17,19-20,24-27,30-33,35-36,43,45,49,51,56,59,71H,4-6,9,12-15,18,21-23,28-29,34,37-42,44,46-48,50,52-55,57-58,60-70H2,1-3H3/b10-7-,11-8-,19-16-,20-17-,26-24-,27-25-,32-30-,33-31-,36-35-,45-43-,51-49-,59-56-. The monoisotopic (exact) mass is 1100 g/mol. The van der Waals surface area contributed by atoms with Crippen molar-refractivity contribution in [3.63, 3.8) is 0 Å². The van der Waals surface area contributed by atoms with Crippen molar-refractivity contribution in [2.45, 2.75) is 290 Å². The fourth-order valence-corrected chi connectivity index (χ4v) is 8.75. The Kier molecular flexibility index (Phi) is 62.9. The molecule has 0 saturated carbocycles. The molecule has 0 aromatic heterocycles. The molecule has 6 nitrogen and oxygen atoms in total. The first-order chi connectivity index (χ1) is 39.5. The van der Waals surface area contributed by atoms with Gasteiger partial charge in [-0.1, -0.05) is 295 Å². The van der Waals surface area contributed by atoms with E-state index in [4.69, 9.17) is 14.2 Å². The van der Waals surface area contributed by atoms with E-state index < -0.39 is 6.10 Å². The van der Waals surface area contributed by atoms with Crippen LogP contribution in [-0.4, -0.2) is 37.2 Å². The highest BCUT2D eigenvalue weighted by atomic mass is 16.6. The Morgan fingerprint density at radius 3 is 0.800 bits per heavy atom. The van der Waals surface area contributed by atoms with Crippen LogP contribution in [0.4, 0.5) is 0 Å². The molecule has 0 rings (SSSR count). The quantitative estimate of drug-likeness (QED) is 0.0261. The molecule has 452 valence electrons. The van der Waals surface area contributed by atoms with Gasteiger partial charge in [-0.2, -0.15) is 0 Å². The fourth-order valence-electron chi connectivity index (χ4n) is 8.75. The first-order valence-electron chi connectivity index (χ1n) is 32.8. The molecule has 0 aliphatic heterocycles. The van der Waals surface area contributed by atoms with Crippen molar-refractivity contribution in [1.82, 2.24) is 0 Å². The van der Waals surface area contributed by atoms with Crippen molar-refractivity contribution in [3.05, 3.63) is 146 Å². The van der Waals surface area contributed by atoms with Crippen molar-refractivity contribution in [2.24, 2.45) is 0 Å². The van der Waals surface area contributed by atoms with E-state index in [0.29, 0.717) is 19.3 Å². The van der Waals surface area contributed by atoms with E-state index in [1.165, 1.54) is 116 Å². The molecule has 1 atom stereocenters. The van der Waals surface area contributed by atoms with Crippen LogP contribution < -0.4 is 0 Å². The second-order valence-corrected chi connectivity index (χ2v) is 21.3. The highest BCUT2D eigenvalue weighted by Gasteiger charge is 2.19. The van der Waals surface area contributed by atoms with Gasteiger partial charge in [0.05, 0.1) is 0 Å². The normalized spacial score (nSPS) is 13.1. The number of carbonyl (C=O) groups is 3. The van der Waals surface area contributed by atoms with Gasteiger partial charge < -0.3 is 14.2 Å². The van der Waals surface area contributed by atoms with Crippen molar-refractivity contribution < 1.29 is 28.6 Å². The molecule has 0 aliphatic rings. The highest BCUT2D eigenvalue weighted by Crippen LogP contribution is 2.16. The number of unbranched alkanes of at least 4 members (excludes halogenated alkanes) is 23. The predicted molar refractivity (Wildman–Crippen MR) is 348 cm³/mol. The van der Waals surface area contributed by atoms with Crippen molar-refractivity contribution in [1.29, 1.82) is 0 Å². The molecular weight excluding hydrogens is 985 g/mol. The van der Waals surface area contributed by atoms with Crippen LogP contribution in [0.2, 0.25) is 0 Å². The first kappa shape index (κ1) is 75.3.